The molecule has 5 heteroatoms. The lowest BCUT2D eigenvalue weighted by Gasteiger charge is -2.20. The average molecular weight is 382 g/mol. The largest absolute Gasteiger partial charge is 0.356 e. The van der Waals surface area contributed by atoms with Crippen molar-refractivity contribution in [3.63, 3.8) is 0 Å². The second-order valence-electron chi connectivity index (χ2n) is 7.95. The van der Waals surface area contributed by atoms with E-state index in [-0.39, 0.29) is 17.7 Å². The molecule has 1 fully saturated rings. The zero-order valence-corrected chi connectivity index (χ0v) is 17.6. The summed E-state index contributed by atoms with van der Waals surface area (Å²) < 4.78 is 0. The van der Waals surface area contributed by atoms with Gasteiger partial charge in [0.05, 0.1) is 0 Å². The maximum Gasteiger partial charge on any atom is 0.223 e. The minimum absolute atomic E-state index is 0.157. The van der Waals surface area contributed by atoms with Crippen molar-refractivity contribution >= 4 is 11.8 Å². The molecular weight excluding hydrogens is 338 g/mol. The second-order valence-corrected chi connectivity index (χ2v) is 7.95. The van der Waals surface area contributed by atoms with Crippen LogP contribution in [0.25, 0.3) is 0 Å². The zero-order valence-electron chi connectivity index (χ0n) is 17.6. The molecule has 0 atom stereocenters. The Balaban J connectivity index is 1.82. The molecule has 1 saturated carbocycles. The van der Waals surface area contributed by atoms with Gasteiger partial charge in [-0.3, -0.25) is 9.59 Å². The van der Waals surface area contributed by atoms with Crippen molar-refractivity contribution in [2.45, 2.75) is 96.8 Å². The van der Waals surface area contributed by atoms with Crippen LogP contribution in [0, 0.1) is 5.92 Å². The molecule has 1 aliphatic rings. The SMILES string of the molecule is CCCCCCNCCCNC(=O)CCCCCNC(=O)C1CCCCC1. The summed E-state index contributed by atoms with van der Waals surface area (Å²) in [6.07, 6.45) is 15.4. The van der Waals surface area contributed by atoms with E-state index in [1.807, 2.05) is 0 Å². The lowest BCUT2D eigenvalue weighted by molar-refractivity contribution is -0.126. The molecule has 0 bridgehead atoms. The molecule has 158 valence electrons. The fraction of sp³-hybridized carbons (Fsp3) is 0.909. The lowest BCUT2D eigenvalue weighted by Crippen LogP contribution is -2.32. The van der Waals surface area contributed by atoms with E-state index < -0.39 is 0 Å². The lowest BCUT2D eigenvalue weighted by atomic mass is 9.89. The molecule has 3 N–H and O–H groups in total. The van der Waals surface area contributed by atoms with E-state index in [0.29, 0.717) is 6.42 Å². The second kappa shape index (κ2) is 17.0. The van der Waals surface area contributed by atoms with Gasteiger partial charge in [0.1, 0.15) is 0 Å². The van der Waals surface area contributed by atoms with Gasteiger partial charge in [0.15, 0.2) is 0 Å². The fourth-order valence-corrected chi connectivity index (χ4v) is 3.64. The van der Waals surface area contributed by atoms with Gasteiger partial charge in [-0.25, -0.2) is 0 Å². The highest BCUT2D eigenvalue weighted by Gasteiger charge is 2.20. The first-order valence-corrected chi connectivity index (χ1v) is 11.5. The zero-order chi connectivity index (χ0) is 19.6. The van der Waals surface area contributed by atoms with Crippen molar-refractivity contribution in [1.29, 1.82) is 0 Å². The molecule has 27 heavy (non-hydrogen) atoms. The molecule has 1 aliphatic carbocycles. The number of carbonyl (C=O) groups is 2. The van der Waals surface area contributed by atoms with Crippen LogP contribution < -0.4 is 16.0 Å². The van der Waals surface area contributed by atoms with Gasteiger partial charge >= 0.3 is 0 Å². The standard InChI is InChI=1S/C22H43N3O2/c1-2-3-4-10-16-23-17-12-19-24-21(26)15-9-6-11-18-25-22(27)20-13-7-5-8-14-20/h20,23H,2-19H2,1H3,(H,24,26)(H,25,27). The monoisotopic (exact) mass is 381 g/mol. The maximum atomic E-state index is 12.0. The van der Waals surface area contributed by atoms with Gasteiger partial charge in [0.2, 0.25) is 11.8 Å². The maximum absolute atomic E-state index is 12.0. The van der Waals surface area contributed by atoms with E-state index >= 15 is 0 Å². The highest BCUT2D eigenvalue weighted by molar-refractivity contribution is 5.78. The molecule has 2 amide bonds. The first-order valence-electron chi connectivity index (χ1n) is 11.5. The number of rotatable bonds is 16. The molecule has 0 aromatic rings. The van der Waals surface area contributed by atoms with Crippen LogP contribution in [-0.4, -0.2) is 38.0 Å². The Labute approximate surface area is 166 Å². The summed E-state index contributed by atoms with van der Waals surface area (Å²) in [6.45, 7) is 5.81. The molecule has 0 radical (unpaired) electrons. The van der Waals surface area contributed by atoms with Gasteiger partial charge in [-0.2, -0.15) is 0 Å². The predicted molar refractivity (Wildman–Crippen MR) is 113 cm³/mol. The predicted octanol–water partition coefficient (Wildman–Crippen LogP) is 3.92. The summed E-state index contributed by atoms with van der Waals surface area (Å²) in [4.78, 5) is 23.8. The Morgan fingerprint density at radius 3 is 2.19 bits per heavy atom. The molecule has 0 spiro atoms. The molecular formula is C22H43N3O2. The van der Waals surface area contributed by atoms with Crippen LogP contribution in [-0.2, 0) is 9.59 Å². The van der Waals surface area contributed by atoms with Crippen molar-refractivity contribution in [3.05, 3.63) is 0 Å². The third-order valence-electron chi connectivity index (χ3n) is 5.42. The fourth-order valence-electron chi connectivity index (χ4n) is 3.64. The normalized spacial score (nSPS) is 14.9. The van der Waals surface area contributed by atoms with E-state index in [0.717, 1.165) is 64.7 Å². The Kier molecular flexibility index (Phi) is 15.1. The first kappa shape index (κ1) is 23.9. The minimum Gasteiger partial charge on any atom is -0.356 e. The number of hydrogen-bond donors (Lipinski definition) is 3. The summed E-state index contributed by atoms with van der Waals surface area (Å²) in [6, 6.07) is 0. The molecule has 1 rings (SSSR count). The van der Waals surface area contributed by atoms with Gasteiger partial charge in [-0.1, -0.05) is 51.9 Å². The van der Waals surface area contributed by atoms with Crippen LogP contribution in [0.5, 0.6) is 0 Å². The quantitative estimate of drug-likeness (QED) is 0.355. The van der Waals surface area contributed by atoms with Gasteiger partial charge in [-0.05, 0) is 51.6 Å². The molecule has 0 saturated heterocycles. The van der Waals surface area contributed by atoms with Crippen LogP contribution in [0.2, 0.25) is 0 Å². The van der Waals surface area contributed by atoms with Crippen LogP contribution in [0.4, 0.5) is 0 Å². The molecule has 0 aromatic heterocycles. The van der Waals surface area contributed by atoms with Crippen molar-refractivity contribution in [2.24, 2.45) is 5.92 Å². The third kappa shape index (κ3) is 13.7. The van der Waals surface area contributed by atoms with Crippen molar-refractivity contribution in [3.8, 4) is 0 Å². The van der Waals surface area contributed by atoms with Crippen molar-refractivity contribution < 1.29 is 9.59 Å². The number of unbranched alkanes of at least 4 members (excludes halogenated alkanes) is 5. The van der Waals surface area contributed by atoms with E-state index in [1.54, 1.807) is 0 Å². The molecule has 0 aliphatic heterocycles. The summed E-state index contributed by atoms with van der Waals surface area (Å²) >= 11 is 0. The topological polar surface area (TPSA) is 70.2 Å². The number of amides is 2. The Bertz CT molecular complexity index is 382. The van der Waals surface area contributed by atoms with Gasteiger partial charge in [0.25, 0.3) is 0 Å². The number of carbonyl (C=O) groups excluding carboxylic acids is 2. The van der Waals surface area contributed by atoms with Gasteiger partial charge in [-0.15, -0.1) is 0 Å². The highest BCUT2D eigenvalue weighted by atomic mass is 16.2. The molecule has 0 heterocycles. The van der Waals surface area contributed by atoms with Gasteiger partial charge in [0, 0.05) is 25.4 Å². The highest BCUT2D eigenvalue weighted by Crippen LogP contribution is 2.23. The van der Waals surface area contributed by atoms with E-state index in [1.165, 1.54) is 44.9 Å². The summed E-state index contributed by atoms with van der Waals surface area (Å²) in [7, 11) is 0. The van der Waals surface area contributed by atoms with Crippen LogP contribution in [0.15, 0.2) is 0 Å². The van der Waals surface area contributed by atoms with Crippen LogP contribution in [0.1, 0.15) is 96.8 Å². The third-order valence-corrected chi connectivity index (χ3v) is 5.42. The van der Waals surface area contributed by atoms with Gasteiger partial charge < -0.3 is 16.0 Å². The average Bonchev–Trinajstić information content (AvgIpc) is 2.69. The first-order chi connectivity index (χ1) is 13.2. The molecule has 5 nitrogen and oxygen atoms in total. The minimum atomic E-state index is 0.157. The summed E-state index contributed by atoms with van der Waals surface area (Å²) in [5.74, 6) is 0.644. The van der Waals surface area contributed by atoms with Crippen molar-refractivity contribution in [2.75, 3.05) is 26.2 Å². The van der Waals surface area contributed by atoms with Crippen LogP contribution >= 0.6 is 0 Å². The number of nitrogens with one attached hydrogen (secondary N) is 3. The van der Waals surface area contributed by atoms with E-state index in [4.69, 9.17) is 0 Å². The smallest absolute Gasteiger partial charge is 0.223 e. The van der Waals surface area contributed by atoms with E-state index in [2.05, 4.69) is 22.9 Å². The molecule has 0 aromatic carbocycles. The number of hydrogen-bond acceptors (Lipinski definition) is 3. The van der Waals surface area contributed by atoms with Crippen molar-refractivity contribution in [1.82, 2.24) is 16.0 Å². The Morgan fingerprint density at radius 2 is 1.41 bits per heavy atom. The summed E-state index contributed by atoms with van der Waals surface area (Å²) in [5, 5.41) is 9.49. The Hall–Kier alpha value is -1.10. The van der Waals surface area contributed by atoms with E-state index in [9.17, 15) is 9.59 Å². The van der Waals surface area contributed by atoms with Crippen LogP contribution in [0.3, 0.4) is 0 Å². The Morgan fingerprint density at radius 1 is 0.741 bits per heavy atom. The summed E-state index contributed by atoms with van der Waals surface area (Å²) in [5.41, 5.74) is 0. The molecule has 0 unspecified atom stereocenters.